The van der Waals surface area contributed by atoms with Crippen molar-refractivity contribution >= 4 is 12.2 Å². The summed E-state index contributed by atoms with van der Waals surface area (Å²) >= 11 is 0. The summed E-state index contributed by atoms with van der Waals surface area (Å²) in [7, 11) is 0. The van der Waals surface area contributed by atoms with Crippen molar-refractivity contribution in [3.05, 3.63) is 59.7 Å². The maximum atomic E-state index is 12.3. The van der Waals surface area contributed by atoms with Gasteiger partial charge < -0.3 is 14.8 Å². The van der Waals surface area contributed by atoms with E-state index >= 15 is 0 Å². The molecule has 23 heavy (non-hydrogen) atoms. The molecule has 0 saturated carbocycles. The molecule has 118 valence electrons. The van der Waals surface area contributed by atoms with Gasteiger partial charge in [0.25, 0.3) is 5.91 Å². The van der Waals surface area contributed by atoms with E-state index in [0.29, 0.717) is 17.1 Å². The Morgan fingerprint density at radius 1 is 1.22 bits per heavy atom. The number of benzene rings is 2. The number of ether oxygens (including phenoxy) is 2. The van der Waals surface area contributed by atoms with Crippen molar-refractivity contribution in [3.8, 4) is 11.5 Å². The van der Waals surface area contributed by atoms with Crippen LogP contribution in [-0.2, 0) is 4.79 Å². The molecule has 0 bridgehead atoms. The fourth-order valence-corrected chi connectivity index (χ4v) is 2.42. The topological polar surface area (TPSA) is 64.6 Å². The largest absolute Gasteiger partial charge is 0.485 e. The van der Waals surface area contributed by atoms with Crippen LogP contribution in [0, 0.1) is 0 Å². The Kier molecular flexibility index (Phi) is 4.28. The van der Waals surface area contributed by atoms with Crippen LogP contribution in [0.25, 0.3) is 0 Å². The Labute approximate surface area is 134 Å². The average Bonchev–Trinajstić information content (AvgIpc) is 2.61. The molecule has 2 atom stereocenters. The lowest BCUT2D eigenvalue weighted by molar-refractivity contribution is -0.131. The molecular weight excluding hydrogens is 294 g/mol. The van der Waals surface area contributed by atoms with Crippen LogP contribution in [0.5, 0.6) is 11.5 Å². The van der Waals surface area contributed by atoms with E-state index in [1.54, 1.807) is 18.2 Å². The summed E-state index contributed by atoms with van der Waals surface area (Å²) in [6.45, 7) is 2.03. The standard InChI is InChI=1S/C18H17NO4/c1-12(14-5-3-2-4-6-14)19-18(21)17-11-22-16-9-13(10-20)7-8-15(16)23-17/h2-10,12,17H,11H2,1H3,(H,19,21)/t12-,17-/m0/s1. The molecule has 0 spiro atoms. The molecular formula is C18H17NO4. The predicted molar refractivity (Wildman–Crippen MR) is 84.7 cm³/mol. The van der Waals surface area contributed by atoms with Crippen LogP contribution in [0.2, 0.25) is 0 Å². The molecule has 5 nitrogen and oxygen atoms in total. The number of hydrogen-bond acceptors (Lipinski definition) is 4. The molecule has 2 aromatic carbocycles. The van der Waals surface area contributed by atoms with Crippen LogP contribution in [0.1, 0.15) is 28.9 Å². The molecule has 0 fully saturated rings. The lowest BCUT2D eigenvalue weighted by Crippen LogP contribution is -2.44. The highest BCUT2D eigenvalue weighted by molar-refractivity contribution is 5.82. The summed E-state index contributed by atoms with van der Waals surface area (Å²) in [6.07, 6.45) is 0.0278. The van der Waals surface area contributed by atoms with Gasteiger partial charge in [-0.25, -0.2) is 0 Å². The highest BCUT2D eigenvalue weighted by Crippen LogP contribution is 2.32. The van der Waals surface area contributed by atoms with Crippen LogP contribution in [0.4, 0.5) is 0 Å². The zero-order chi connectivity index (χ0) is 16.2. The number of rotatable bonds is 4. The Morgan fingerprint density at radius 3 is 2.74 bits per heavy atom. The minimum absolute atomic E-state index is 0.114. The molecule has 1 N–H and O–H groups in total. The quantitative estimate of drug-likeness (QED) is 0.881. The summed E-state index contributed by atoms with van der Waals surface area (Å²) in [6, 6.07) is 14.5. The first-order valence-electron chi connectivity index (χ1n) is 7.41. The van der Waals surface area contributed by atoms with Crippen molar-refractivity contribution < 1.29 is 19.1 Å². The lowest BCUT2D eigenvalue weighted by atomic mass is 10.1. The molecule has 0 aromatic heterocycles. The predicted octanol–water partition coefficient (Wildman–Crippen LogP) is 2.52. The van der Waals surface area contributed by atoms with E-state index in [1.807, 2.05) is 37.3 Å². The molecule has 0 aliphatic carbocycles. The van der Waals surface area contributed by atoms with Crippen LogP contribution in [0.3, 0.4) is 0 Å². The molecule has 3 rings (SSSR count). The van der Waals surface area contributed by atoms with E-state index in [1.165, 1.54) is 0 Å². The van der Waals surface area contributed by atoms with Crippen molar-refractivity contribution in [2.24, 2.45) is 0 Å². The third-order valence-corrected chi connectivity index (χ3v) is 3.71. The molecule has 1 aliphatic heterocycles. The van der Waals surface area contributed by atoms with Crippen molar-refractivity contribution in [2.45, 2.75) is 19.1 Å². The van der Waals surface area contributed by atoms with E-state index in [2.05, 4.69) is 5.32 Å². The molecule has 5 heteroatoms. The van der Waals surface area contributed by atoms with Crippen LogP contribution >= 0.6 is 0 Å². The van der Waals surface area contributed by atoms with Crippen molar-refractivity contribution in [2.75, 3.05) is 6.61 Å². The summed E-state index contributed by atoms with van der Waals surface area (Å²) in [5, 5.41) is 2.92. The molecule has 1 amide bonds. The number of fused-ring (bicyclic) bond motifs is 1. The zero-order valence-electron chi connectivity index (χ0n) is 12.7. The van der Waals surface area contributed by atoms with Gasteiger partial charge in [-0.2, -0.15) is 0 Å². The van der Waals surface area contributed by atoms with Gasteiger partial charge in [-0.3, -0.25) is 9.59 Å². The van der Waals surface area contributed by atoms with Gasteiger partial charge in [-0.15, -0.1) is 0 Å². The first-order chi connectivity index (χ1) is 11.2. The molecule has 0 radical (unpaired) electrons. The second-order valence-electron chi connectivity index (χ2n) is 5.38. The molecule has 2 aromatic rings. The monoisotopic (exact) mass is 311 g/mol. The smallest absolute Gasteiger partial charge is 0.265 e. The van der Waals surface area contributed by atoms with Crippen molar-refractivity contribution in [3.63, 3.8) is 0 Å². The zero-order valence-corrected chi connectivity index (χ0v) is 12.7. The summed E-state index contributed by atoms with van der Waals surface area (Å²) in [5.41, 5.74) is 1.53. The summed E-state index contributed by atoms with van der Waals surface area (Å²) in [4.78, 5) is 23.1. The number of aldehydes is 1. The Balaban J connectivity index is 1.66. The molecule has 0 unspecified atom stereocenters. The summed E-state index contributed by atoms with van der Waals surface area (Å²) < 4.78 is 11.2. The SMILES string of the molecule is C[C@H](NC(=O)[C@@H]1COc2cc(C=O)ccc2O1)c1ccccc1. The Morgan fingerprint density at radius 2 is 2.00 bits per heavy atom. The van der Waals surface area contributed by atoms with Gasteiger partial charge in [0.15, 0.2) is 11.5 Å². The van der Waals surface area contributed by atoms with E-state index < -0.39 is 6.10 Å². The third-order valence-electron chi connectivity index (χ3n) is 3.71. The van der Waals surface area contributed by atoms with Gasteiger partial charge in [0, 0.05) is 5.56 Å². The van der Waals surface area contributed by atoms with Gasteiger partial charge in [0.2, 0.25) is 6.10 Å². The normalized spacial score (nSPS) is 17.2. The molecule has 0 saturated heterocycles. The minimum Gasteiger partial charge on any atom is -0.485 e. The van der Waals surface area contributed by atoms with Gasteiger partial charge >= 0.3 is 0 Å². The maximum absolute atomic E-state index is 12.3. The van der Waals surface area contributed by atoms with Gasteiger partial charge in [-0.05, 0) is 30.7 Å². The van der Waals surface area contributed by atoms with Gasteiger partial charge in [0.05, 0.1) is 6.04 Å². The van der Waals surface area contributed by atoms with Gasteiger partial charge in [-0.1, -0.05) is 30.3 Å². The van der Waals surface area contributed by atoms with Crippen LogP contribution in [-0.4, -0.2) is 24.9 Å². The first-order valence-corrected chi connectivity index (χ1v) is 7.41. The third kappa shape index (κ3) is 3.34. The van der Waals surface area contributed by atoms with E-state index in [4.69, 9.17) is 9.47 Å². The number of amides is 1. The van der Waals surface area contributed by atoms with Crippen molar-refractivity contribution in [1.29, 1.82) is 0 Å². The second kappa shape index (κ2) is 6.52. The van der Waals surface area contributed by atoms with Crippen LogP contribution < -0.4 is 14.8 Å². The average molecular weight is 311 g/mol. The lowest BCUT2D eigenvalue weighted by Gasteiger charge is -2.27. The van der Waals surface area contributed by atoms with E-state index in [9.17, 15) is 9.59 Å². The number of carbonyl (C=O) groups is 2. The number of carbonyl (C=O) groups excluding carboxylic acids is 2. The second-order valence-corrected chi connectivity index (χ2v) is 5.38. The first kappa shape index (κ1) is 15.1. The maximum Gasteiger partial charge on any atom is 0.265 e. The highest BCUT2D eigenvalue weighted by atomic mass is 16.6. The fourth-order valence-electron chi connectivity index (χ4n) is 2.42. The number of nitrogens with one attached hydrogen (secondary N) is 1. The highest BCUT2D eigenvalue weighted by Gasteiger charge is 2.28. The number of hydrogen-bond donors (Lipinski definition) is 1. The van der Waals surface area contributed by atoms with E-state index in [-0.39, 0.29) is 18.6 Å². The minimum atomic E-state index is -0.712. The molecule has 1 aliphatic rings. The van der Waals surface area contributed by atoms with Gasteiger partial charge in [0.1, 0.15) is 12.9 Å². The van der Waals surface area contributed by atoms with Crippen molar-refractivity contribution in [1.82, 2.24) is 5.32 Å². The fraction of sp³-hybridized carbons (Fsp3) is 0.222. The summed E-state index contributed by atoms with van der Waals surface area (Å²) in [5.74, 6) is 0.718. The van der Waals surface area contributed by atoms with E-state index in [0.717, 1.165) is 11.8 Å². The Hall–Kier alpha value is -2.82. The van der Waals surface area contributed by atoms with Crippen LogP contribution in [0.15, 0.2) is 48.5 Å². The Bertz CT molecular complexity index is 714. The molecule has 1 heterocycles.